The third-order valence-electron chi connectivity index (χ3n) is 10.6. The molecule has 31 heavy (non-hydrogen) atoms. The molecule has 0 saturated heterocycles. The van der Waals surface area contributed by atoms with Gasteiger partial charge in [0.05, 0.1) is 0 Å². The molecule has 0 bridgehead atoms. The fraction of sp³-hybridized carbons (Fsp3) is 0.931. The van der Waals surface area contributed by atoms with Crippen molar-refractivity contribution in [1.82, 2.24) is 0 Å². The van der Waals surface area contributed by atoms with Gasteiger partial charge in [-0.25, -0.2) is 0 Å². The Morgan fingerprint density at radius 2 is 1.77 bits per heavy atom. The van der Waals surface area contributed by atoms with Gasteiger partial charge in [-0.1, -0.05) is 20.3 Å². The predicted octanol–water partition coefficient (Wildman–Crippen LogP) is 8.77. The van der Waals surface area contributed by atoms with Crippen LogP contribution in [-0.2, 0) is 0 Å². The molecule has 8 atom stereocenters. The molecule has 0 nitrogen and oxygen atoms in total. The summed E-state index contributed by atoms with van der Waals surface area (Å²) in [5.74, 6) is 5.84. The maximum absolute atomic E-state index is 2.82. The van der Waals surface area contributed by atoms with Crippen LogP contribution in [0, 0.1) is 46.3 Å². The summed E-state index contributed by atoms with van der Waals surface area (Å²) in [5.41, 5.74) is 8.33. The van der Waals surface area contributed by atoms with E-state index < -0.39 is 12.8 Å². The molecule has 4 aliphatic rings. The molecule has 0 aliphatic heterocycles. The van der Waals surface area contributed by atoms with Gasteiger partial charge >= 0.3 is 179 Å². The van der Waals surface area contributed by atoms with E-state index in [1.807, 2.05) is 5.57 Å². The first-order chi connectivity index (χ1) is 14.6. The molecule has 0 radical (unpaired) electrons. The first kappa shape index (κ1) is 24.9. The Morgan fingerprint density at radius 1 is 1.00 bits per heavy atom. The van der Waals surface area contributed by atoms with Crippen molar-refractivity contribution in [3.8, 4) is 0 Å². The molecule has 4 rings (SSSR count). The summed E-state index contributed by atoms with van der Waals surface area (Å²) in [6.45, 7) is 12.9. The van der Waals surface area contributed by atoms with Crippen LogP contribution >= 0.6 is 0 Å². The van der Waals surface area contributed by atoms with Crippen LogP contribution in [0.15, 0.2) is 11.6 Å². The van der Waals surface area contributed by atoms with Crippen molar-refractivity contribution in [2.45, 2.75) is 121 Å². The summed E-state index contributed by atoms with van der Waals surface area (Å²) in [7, 11) is 0. The average molecular weight is 554 g/mol. The van der Waals surface area contributed by atoms with Crippen LogP contribution in [0.3, 0.4) is 0 Å². The summed E-state index contributed by atoms with van der Waals surface area (Å²) < 4.78 is 0. The van der Waals surface area contributed by atoms with Crippen molar-refractivity contribution in [2.75, 3.05) is 0 Å². The Bertz CT molecular complexity index is 653. The molecule has 3 saturated carbocycles. The number of hydrogen-bond donors (Lipinski definition) is 0. The zero-order valence-corrected chi connectivity index (χ0v) is 25.3. The topological polar surface area (TPSA) is 0 Å². The van der Waals surface area contributed by atoms with E-state index in [-0.39, 0.29) is 0 Å². The number of allylic oxidation sites excluding steroid dienone is 2. The fourth-order valence-electron chi connectivity index (χ4n) is 9.04. The van der Waals surface area contributed by atoms with Crippen LogP contribution in [0.5, 0.6) is 0 Å². The van der Waals surface area contributed by atoms with Gasteiger partial charge in [0.2, 0.25) is 0 Å². The van der Waals surface area contributed by atoms with Crippen LogP contribution in [0.2, 0.25) is 16.2 Å². The SMILES string of the molecule is CC(C)CCC[C@@H](C)[C@H]1CC[C@H]2[C@@H]3CC=C4C[C@H]([Se][As](C)C)CC[C@]4(C)[C@H]3CC[C@]12C. The van der Waals surface area contributed by atoms with E-state index in [1.165, 1.54) is 57.8 Å². The second-order valence-electron chi connectivity index (χ2n) is 13.1. The summed E-state index contributed by atoms with van der Waals surface area (Å²) in [5, 5.41) is 0. The normalized spacial score (nSPS) is 43.4. The molecule has 0 unspecified atom stereocenters. The van der Waals surface area contributed by atoms with Crippen LogP contribution < -0.4 is 0 Å². The van der Waals surface area contributed by atoms with E-state index >= 15 is 0 Å². The Balaban J connectivity index is 1.46. The molecule has 0 N–H and O–H groups in total. The van der Waals surface area contributed by atoms with E-state index in [1.54, 1.807) is 12.8 Å². The van der Waals surface area contributed by atoms with Gasteiger partial charge < -0.3 is 0 Å². The third-order valence-corrected chi connectivity index (χ3v) is 20.8. The second kappa shape index (κ2) is 9.82. The summed E-state index contributed by atoms with van der Waals surface area (Å²) in [6, 6.07) is 0. The Hall–Kier alpha value is 0.818. The first-order valence-electron chi connectivity index (χ1n) is 13.7. The van der Waals surface area contributed by atoms with Gasteiger partial charge in [-0.2, -0.15) is 0 Å². The van der Waals surface area contributed by atoms with Gasteiger partial charge in [0, 0.05) is 0 Å². The molecule has 0 aromatic heterocycles. The third kappa shape index (κ3) is 4.83. The van der Waals surface area contributed by atoms with Crippen LogP contribution in [0.25, 0.3) is 0 Å². The molecular weight excluding hydrogens is 502 g/mol. The minimum absolute atomic E-state index is 0.432. The maximum atomic E-state index is 2.82. The molecule has 178 valence electrons. The van der Waals surface area contributed by atoms with Gasteiger partial charge in [-0.3, -0.25) is 0 Å². The van der Waals surface area contributed by atoms with E-state index in [0.29, 0.717) is 10.8 Å². The Labute approximate surface area is 204 Å². The number of rotatable bonds is 7. The molecular formula is C29H51AsSe. The predicted molar refractivity (Wildman–Crippen MR) is 140 cm³/mol. The summed E-state index contributed by atoms with van der Waals surface area (Å²) in [6.07, 6.45) is 19.3. The van der Waals surface area contributed by atoms with Gasteiger partial charge in [0.15, 0.2) is 0 Å². The molecule has 0 aromatic carbocycles. The zero-order chi connectivity index (χ0) is 22.4. The standard InChI is InChI=1S/C29H51AsSe/c1-20(2)9-8-10-21(3)25-13-14-26-24-12-11-22-19-23(31-30(6)7)15-17-28(22,4)27(24)16-18-29(25,26)5/h11,20-21,23-27H,8-10,12-19H2,1-7H3/t21-,23-,24+,25-,26+,27+,28+,29-/m1/s1. The summed E-state index contributed by atoms with van der Waals surface area (Å²) in [4.78, 5) is 1.09. The second-order valence-corrected chi connectivity index (χ2v) is 28.6. The number of hydrogen-bond acceptors (Lipinski definition) is 0. The van der Waals surface area contributed by atoms with Crippen molar-refractivity contribution >= 4 is 25.7 Å². The molecule has 4 aliphatic carbocycles. The van der Waals surface area contributed by atoms with Crippen molar-refractivity contribution < 1.29 is 0 Å². The monoisotopic (exact) mass is 554 g/mol. The molecule has 2 heteroatoms. The van der Waals surface area contributed by atoms with Crippen molar-refractivity contribution in [3.05, 3.63) is 11.6 Å². The minimum atomic E-state index is -0.432. The van der Waals surface area contributed by atoms with Gasteiger partial charge in [-0.15, -0.1) is 0 Å². The van der Waals surface area contributed by atoms with Gasteiger partial charge in [0.25, 0.3) is 0 Å². The van der Waals surface area contributed by atoms with Gasteiger partial charge in [-0.05, 0) is 5.92 Å². The summed E-state index contributed by atoms with van der Waals surface area (Å²) >= 11 is 0.556. The van der Waals surface area contributed by atoms with E-state index in [9.17, 15) is 0 Å². The molecule has 0 spiro atoms. The Morgan fingerprint density at radius 3 is 2.48 bits per heavy atom. The van der Waals surface area contributed by atoms with Crippen molar-refractivity contribution in [2.24, 2.45) is 46.3 Å². The van der Waals surface area contributed by atoms with Crippen molar-refractivity contribution in [1.29, 1.82) is 0 Å². The van der Waals surface area contributed by atoms with E-state index in [0.717, 1.165) is 53.3 Å². The molecule has 3 fully saturated rings. The molecule has 0 amide bonds. The van der Waals surface area contributed by atoms with Crippen molar-refractivity contribution in [3.63, 3.8) is 0 Å². The average Bonchev–Trinajstić information content (AvgIpc) is 3.05. The van der Waals surface area contributed by atoms with E-state index in [4.69, 9.17) is 0 Å². The molecule has 0 heterocycles. The number of fused-ring (bicyclic) bond motifs is 5. The van der Waals surface area contributed by atoms with Crippen LogP contribution in [-0.4, -0.2) is 25.7 Å². The fourth-order valence-corrected chi connectivity index (χ4v) is 19.8. The van der Waals surface area contributed by atoms with Crippen LogP contribution in [0.1, 0.15) is 105 Å². The zero-order valence-electron chi connectivity index (χ0n) is 21.8. The molecule has 0 aromatic rings. The van der Waals surface area contributed by atoms with Gasteiger partial charge in [0.1, 0.15) is 0 Å². The Kier molecular flexibility index (Phi) is 7.90. The van der Waals surface area contributed by atoms with E-state index in [2.05, 4.69) is 52.1 Å². The quantitative estimate of drug-likeness (QED) is 0.218. The van der Waals surface area contributed by atoms with Crippen LogP contribution in [0.4, 0.5) is 0 Å². The first-order valence-corrected chi connectivity index (χ1v) is 23.2.